The highest BCUT2D eigenvalue weighted by Gasteiger charge is 2.17. The van der Waals surface area contributed by atoms with Gasteiger partial charge in [0.2, 0.25) is 5.91 Å². The fourth-order valence-electron chi connectivity index (χ4n) is 3.13. The average molecular weight is 386 g/mol. The van der Waals surface area contributed by atoms with Crippen molar-refractivity contribution in [3.8, 4) is 0 Å². The number of carbonyl (C=O) groups is 1. The molecule has 1 atom stereocenters. The molecule has 3 rings (SSSR count). The summed E-state index contributed by atoms with van der Waals surface area (Å²) in [7, 11) is 0. The first-order chi connectivity index (χ1) is 13.5. The first-order valence-electron chi connectivity index (χ1n) is 9.37. The Hall–Kier alpha value is -2.73. The lowest BCUT2D eigenvalue weighted by atomic mass is 10.1. The van der Waals surface area contributed by atoms with Crippen molar-refractivity contribution in [3.05, 3.63) is 71.3 Å². The van der Waals surface area contributed by atoms with Crippen LogP contribution in [0.3, 0.4) is 0 Å². The number of halogens is 2. The van der Waals surface area contributed by atoms with E-state index in [9.17, 15) is 13.6 Å². The maximum Gasteiger partial charge on any atom is 0.224 e. The second kappa shape index (κ2) is 9.46. The second-order valence-corrected chi connectivity index (χ2v) is 6.73. The molecule has 0 aliphatic carbocycles. The number of hydrogen-bond donors (Lipinski definition) is 1. The third-order valence-corrected chi connectivity index (χ3v) is 4.71. The van der Waals surface area contributed by atoms with Crippen LogP contribution < -0.4 is 10.2 Å². The van der Waals surface area contributed by atoms with Gasteiger partial charge in [-0.05, 0) is 30.7 Å². The van der Waals surface area contributed by atoms with Crippen molar-refractivity contribution in [2.45, 2.75) is 19.4 Å². The summed E-state index contributed by atoms with van der Waals surface area (Å²) in [5, 5.41) is 2.90. The molecular weight excluding hydrogens is 362 g/mol. The van der Waals surface area contributed by atoms with Crippen LogP contribution in [0.1, 0.15) is 30.5 Å². The molecule has 148 valence electrons. The van der Waals surface area contributed by atoms with E-state index >= 15 is 0 Å². The van der Waals surface area contributed by atoms with Gasteiger partial charge in [0, 0.05) is 25.1 Å². The fraction of sp³-hybridized carbons (Fsp3) is 0.318. The molecule has 0 radical (unpaired) electrons. The summed E-state index contributed by atoms with van der Waals surface area (Å²) in [6.45, 7) is 4.29. The first-order valence-corrected chi connectivity index (χ1v) is 9.37. The lowest BCUT2D eigenvalue weighted by molar-refractivity contribution is -0.120. The molecule has 6 heteroatoms. The van der Waals surface area contributed by atoms with E-state index in [0.29, 0.717) is 37.6 Å². The zero-order valence-electron chi connectivity index (χ0n) is 15.8. The molecule has 2 aromatic rings. The third kappa shape index (κ3) is 5.16. The van der Waals surface area contributed by atoms with Crippen molar-refractivity contribution in [1.29, 1.82) is 0 Å². The number of morpholine rings is 1. The average Bonchev–Trinajstić information content (AvgIpc) is 2.70. The predicted octanol–water partition coefficient (Wildman–Crippen LogP) is 4.08. The van der Waals surface area contributed by atoms with Crippen molar-refractivity contribution < 1.29 is 18.3 Å². The van der Waals surface area contributed by atoms with Crippen LogP contribution in [0.4, 0.5) is 14.5 Å². The highest BCUT2D eigenvalue weighted by molar-refractivity contribution is 5.79. The maximum atomic E-state index is 14.2. The highest BCUT2D eigenvalue weighted by Crippen LogP contribution is 2.25. The van der Waals surface area contributed by atoms with Gasteiger partial charge in [-0.2, -0.15) is 0 Å². The van der Waals surface area contributed by atoms with Crippen molar-refractivity contribution in [1.82, 2.24) is 5.32 Å². The van der Waals surface area contributed by atoms with Gasteiger partial charge in [0.1, 0.15) is 11.6 Å². The van der Waals surface area contributed by atoms with Crippen LogP contribution in [-0.4, -0.2) is 32.2 Å². The van der Waals surface area contributed by atoms with Gasteiger partial charge < -0.3 is 15.0 Å². The van der Waals surface area contributed by atoms with Gasteiger partial charge in [-0.15, -0.1) is 0 Å². The summed E-state index contributed by atoms with van der Waals surface area (Å²) in [4.78, 5) is 14.2. The van der Waals surface area contributed by atoms with Gasteiger partial charge in [-0.3, -0.25) is 4.79 Å². The number of ether oxygens (including phenoxy) is 1. The molecule has 28 heavy (non-hydrogen) atoms. The van der Waals surface area contributed by atoms with E-state index in [4.69, 9.17) is 4.74 Å². The van der Waals surface area contributed by atoms with Gasteiger partial charge in [0.25, 0.3) is 0 Å². The Balaban J connectivity index is 1.60. The van der Waals surface area contributed by atoms with E-state index < -0.39 is 0 Å². The number of hydrogen-bond acceptors (Lipinski definition) is 3. The Bertz CT molecular complexity index is 848. The first kappa shape index (κ1) is 20.0. The van der Waals surface area contributed by atoms with E-state index in [1.165, 1.54) is 12.1 Å². The number of anilines is 1. The van der Waals surface area contributed by atoms with E-state index in [1.54, 1.807) is 42.5 Å². The number of carbonyl (C=O) groups excluding carboxylic acids is 1. The van der Waals surface area contributed by atoms with Crippen molar-refractivity contribution >= 4 is 17.7 Å². The molecule has 0 aromatic heterocycles. The zero-order chi connectivity index (χ0) is 19.9. The smallest absolute Gasteiger partial charge is 0.224 e. The fourth-order valence-corrected chi connectivity index (χ4v) is 3.13. The Morgan fingerprint density at radius 2 is 1.93 bits per heavy atom. The SMILES string of the molecule is CC(NC(=O)CC=Cc1ccccc1F)c1ccc(F)c(N2CCOCC2)c1. The van der Waals surface area contributed by atoms with Gasteiger partial charge >= 0.3 is 0 Å². The number of rotatable bonds is 6. The number of nitrogens with zero attached hydrogens (tertiary/aromatic N) is 1. The standard InChI is InChI=1S/C22H24F2N2O2/c1-16(25-22(27)8-4-6-17-5-2-3-7-19(17)23)18-9-10-20(24)21(15-18)26-11-13-28-14-12-26/h2-7,9-10,15-16H,8,11-14H2,1H3,(H,25,27). The molecule has 4 nitrogen and oxygen atoms in total. The minimum absolute atomic E-state index is 0.135. The molecule has 0 bridgehead atoms. The van der Waals surface area contributed by atoms with Crippen molar-refractivity contribution in [2.24, 2.45) is 0 Å². The Morgan fingerprint density at radius 1 is 1.18 bits per heavy atom. The van der Waals surface area contributed by atoms with Crippen LogP contribution in [0, 0.1) is 11.6 Å². The molecule has 0 spiro atoms. The maximum absolute atomic E-state index is 14.2. The Labute approximate surface area is 163 Å². The lowest BCUT2D eigenvalue weighted by Crippen LogP contribution is -2.37. The van der Waals surface area contributed by atoms with Crippen molar-refractivity contribution in [2.75, 3.05) is 31.2 Å². The summed E-state index contributed by atoms with van der Waals surface area (Å²) < 4.78 is 33.1. The quantitative estimate of drug-likeness (QED) is 0.813. The molecule has 1 saturated heterocycles. The molecule has 1 aliphatic rings. The molecule has 1 heterocycles. The molecule has 1 amide bonds. The van der Waals surface area contributed by atoms with Gasteiger partial charge in [-0.1, -0.05) is 36.4 Å². The number of nitrogens with one attached hydrogen (secondary N) is 1. The van der Waals surface area contributed by atoms with E-state index in [-0.39, 0.29) is 30.0 Å². The van der Waals surface area contributed by atoms with Crippen LogP contribution in [0.5, 0.6) is 0 Å². The van der Waals surface area contributed by atoms with Crippen LogP contribution in [-0.2, 0) is 9.53 Å². The van der Waals surface area contributed by atoms with E-state index in [0.717, 1.165) is 5.56 Å². The molecule has 1 N–H and O–H groups in total. The van der Waals surface area contributed by atoms with Gasteiger partial charge in [-0.25, -0.2) is 8.78 Å². The van der Waals surface area contributed by atoms with Crippen LogP contribution >= 0.6 is 0 Å². The Kier molecular flexibility index (Phi) is 6.76. The molecular formula is C22H24F2N2O2. The normalized spacial score (nSPS) is 15.6. The van der Waals surface area contributed by atoms with Crippen LogP contribution in [0.25, 0.3) is 6.08 Å². The monoisotopic (exact) mass is 386 g/mol. The van der Waals surface area contributed by atoms with E-state index in [2.05, 4.69) is 5.32 Å². The second-order valence-electron chi connectivity index (χ2n) is 6.73. The van der Waals surface area contributed by atoms with E-state index in [1.807, 2.05) is 11.8 Å². The minimum Gasteiger partial charge on any atom is -0.378 e. The summed E-state index contributed by atoms with van der Waals surface area (Å²) in [5.74, 6) is -0.788. The van der Waals surface area contributed by atoms with Gasteiger partial charge in [0.15, 0.2) is 0 Å². The third-order valence-electron chi connectivity index (χ3n) is 4.71. The highest BCUT2D eigenvalue weighted by atomic mass is 19.1. The van der Waals surface area contributed by atoms with Crippen molar-refractivity contribution in [3.63, 3.8) is 0 Å². The summed E-state index contributed by atoms with van der Waals surface area (Å²) >= 11 is 0. The van der Waals surface area contributed by atoms with Gasteiger partial charge in [0.05, 0.1) is 24.9 Å². The predicted molar refractivity (Wildman–Crippen MR) is 106 cm³/mol. The summed E-state index contributed by atoms with van der Waals surface area (Å²) in [6.07, 6.45) is 3.36. The topological polar surface area (TPSA) is 41.6 Å². The molecule has 1 aliphatic heterocycles. The number of benzene rings is 2. The zero-order valence-corrected chi connectivity index (χ0v) is 15.8. The Morgan fingerprint density at radius 3 is 2.68 bits per heavy atom. The summed E-state index contributed by atoms with van der Waals surface area (Å²) in [5.41, 5.74) is 1.80. The molecule has 1 unspecified atom stereocenters. The van der Waals surface area contributed by atoms with Crippen LogP contribution in [0.2, 0.25) is 0 Å². The minimum atomic E-state index is -0.325. The summed E-state index contributed by atoms with van der Waals surface area (Å²) in [6, 6.07) is 11.0. The molecule has 2 aromatic carbocycles. The lowest BCUT2D eigenvalue weighted by Gasteiger charge is -2.30. The molecule has 1 fully saturated rings. The number of amides is 1. The largest absolute Gasteiger partial charge is 0.378 e. The van der Waals surface area contributed by atoms with Crippen LogP contribution in [0.15, 0.2) is 48.5 Å². The molecule has 0 saturated carbocycles.